The van der Waals surface area contributed by atoms with Crippen molar-refractivity contribution in [1.29, 1.82) is 0 Å². The number of benzene rings is 1. The van der Waals surface area contributed by atoms with Gasteiger partial charge in [-0.1, -0.05) is 13.8 Å². The van der Waals surface area contributed by atoms with E-state index < -0.39 is 23.4 Å². The molecule has 0 fully saturated rings. The molecule has 0 radical (unpaired) electrons. The summed E-state index contributed by atoms with van der Waals surface area (Å²) in [4.78, 5) is 9.63. The largest absolute Gasteiger partial charge is 0.507 e. The summed E-state index contributed by atoms with van der Waals surface area (Å²) in [5.74, 6) is -0.0128. The van der Waals surface area contributed by atoms with Crippen LogP contribution in [0.2, 0.25) is 0 Å². The maximum Gasteiger partial charge on any atom is 0.345 e. The van der Waals surface area contributed by atoms with Crippen molar-refractivity contribution < 1.29 is 27.0 Å². The Hall–Kier alpha value is -0.880. The van der Waals surface area contributed by atoms with E-state index in [9.17, 15) is 23.0 Å². The van der Waals surface area contributed by atoms with Crippen molar-refractivity contribution in [2.75, 3.05) is 0 Å². The predicted molar refractivity (Wildman–Crippen MR) is 80.0 cm³/mol. The lowest BCUT2D eigenvalue weighted by Crippen LogP contribution is -2.13. The first kappa shape index (κ1) is 18.2. The Bertz CT molecular complexity index is 640. The van der Waals surface area contributed by atoms with Gasteiger partial charge in [-0.2, -0.15) is 12.4 Å². The van der Waals surface area contributed by atoms with Gasteiger partial charge in [0, 0.05) is 0 Å². The fourth-order valence-corrected chi connectivity index (χ4v) is 5.58. The van der Waals surface area contributed by atoms with Crippen LogP contribution in [0.3, 0.4) is 0 Å². The first-order valence-electron chi connectivity index (χ1n) is 6.64. The Morgan fingerprint density at radius 3 is 2.00 bits per heavy atom. The van der Waals surface area contributed by atoms with Crippen molar-refractivity contribution in [1.82, 2.24) is 0 Å². The van der Waals surface area contributed by atoms with Crippen LogP contribution in [0, 0.1) is 13.8 Å². The molecular formula is C13H21O6PS. The quantitative estimate of drug-likeness (QED) is 0.774. The van der Waals surface area contributed by atoms with E-state index in [-0.39, 0.29) is 10.6 Å². The van der Waals surface area contributed by atoms with E-state index in [0.29, 0.717) is 24.0 Å². The third kappa shape index (κ3) is 4.07. The molecule has 0 saturated heterocycles. The molecule has 0 bridgehead atoms. The van der Waals surface area contributed by atoms with Crippen LogP contribution in [0.1, 0.15) is 37.8 Å². The third-order valence-corrected chi connectivity index (χ3v) is 7.47. The van der Waals surface area contributed by atoms with E-state index in [1.807, 2.05) is 0 Å². The molecule has 0 heterocycles. The molecule has 21 heavy (non-hydrogen) atoms. The van der Waals surface area contributed by atoms with Gasteiger partial charge in [-0.25, -0.2) is 0 Å². The molecule has 0 spiro atoms. The Labute approximate surface area is 125 Å². The molecule has 0 aliphatic carbocycles. The van der Waals surface area contributed by atoms with Crippen molar-refractivity contribution >= 4 is 17.7 Å². The number of rotatable bonds is 6. The van der Waals surface area contributed by atoms with Crippen LogP contribution in [0.4, 0.5) is 0 Å². The van der Waals surface area contributed by atoms with Gasteiger partial charge in [0.1, 0.15) is 5.75 Å². The van der Waals surface area contributed by atoms with Crippen molar-refractivity contribution in [3.63, 3.8) is 0 Å². The fourth-order valence-electron chi connectivity index (χ4n) is 2.06. The second-order valence-corrected chi connectivity index (χ2v) is 8.80. The zero-order valence-electron chi connectivity index (χ0n) is 12.5. The smallest absolute Gasteiger partial charge is 0.345 e. The summed E-state index contributed by atoms with van der Waals surface area (Å²) < 4.78 is 41.0. The van der Waals surface area contributed by atoms with Crippen LogP contribution in [0.5, 0.6) is 5.75 Å². The normalized spacial score (nSPS) is 15.1. The van der Waals surface area contributed by atoms with Gasteiger partial charge in [-0.05, 0) is 49.9 Å². The molecule has 6 nitrogen and oxygen atoms in total. The monoisotopic (exact) mass is 336 g/mol. The molecule has 1 rings (SSSR count). The van der Waals surface area contributed by atoms with Crippen LogP contribution < -0.4 is 0 Å². The minimum absolute atomic E-state index is 0.0128. The van der Waals surface area contributed by atoms with Gasteiger partial charge in [0.2, 0.25) is 0 Å². The lowest BCUT2D eigenvalue weighted by molar-refractivity contribution is 0.359. The number of hydrogen-bond donors (Lipinski definition) is 2. The first-order chi connectivity index (χ1) is 9.55. The molecular weight excluding hydrogens is 315 g/mol. The third-order valence-electron chi connectivity index (χ3n) is 3.36. The fraction of sp³-hybridized carbons (Fsp3) is 0.538. The molecule has 1 unspecified atom stereocenters. The maximum atomic E-state index is 12.2. The lowest BCUT2D eigenvalue weighted by Gasteiger charge is -2.19. The Kier molecular flexibility index (Phi) is 5.61. The van der Waals surface area contributed by atoms with E-state index >= 15 is 0 Å². The van der Waals surface area contributed by atoms with Gasteiger partial charge < -0.3 is 10.00 Å². The first-order valence-corrected chi connectivity index (χ1v) is 9.69. The van der Waals surface area contributed by atoms with Crippen molar-refractivity contribution in [3.05, 3.63) is 23.3 Å². The standard InChI is InChI=1S/C13H21O6PS/c1-5-11(6-2)20(15,16)19-21(17,18)12-7-9(3)13(14)10(4)8-12/h7-8,11,14H,5-6H2,1-4H3,(H,15,16). The summed E-state index contributed by atoms with van der Waals surface area (Å²) in [6.07, 6.45) is 0.681. The molecule has 0 aliphatic heterocycles. The number of hydrogen-bond acceptors (Lipinski definition) is 5. The summed E-state index contributed by atoms with van der Waals surface area (Å²) in [6.45, 7) is 6.48. The van der Waals surface area contributed by atoms with Crippen LogP contribution in [-0.2, 0) is 18.7 Å². The molecule has 1 atom stereocenters. The van der Waals surface area contributed by atoms with Crippen LogP contribution >= 0.6 is 7.60 Å². The van der Waals surface area contributed by atoms with Crippen LogP contribution in [-0.4, -0.2) is 24.1 Å². The molecule has 1 aromatic rings. The zero-order chi connectivity index (χ0) is 16.4. The van der Waals surface area contributed by atoms with Crippen molar-refractivity contribution in [3.8, 4) is 5.75 Å². The zero-order valence-corrected chi connectivity index (χ0v) is 14.2. The average molecular weight is 336 g/mol. The number of aromatic hydroxyl groups is 1. The van der Waals surface area contributed by atoms with E-state index in [1.54, 1.807) is 27.7 Å². The van der Waals surface area contributed by atoms with E-state index in [0.717, 1.165) is 0 Å². The van der Waals surface area contributed by atoms with Crippen LogP contribution in [0.15, 0.2) is 17.0 Å². The maximum absolute atomic E-state index is 12.2. The SMILES string of the molecule is CCC(CC)P(=O)(O)OS(=O)(=O)c1cc(C)c(O)c(C)c1. The van der Waals surface area contributed by atoms with Gasteiger partial charge in [0.15, 0.2) is 0 Å². The van der Waals surface area contributed by atoms with E-state index in [4.69, 9.17) is 0 Å². The number of phenolic OH excluding ortho intramolecular Hbond substituents is 1. The van der Waals surface area contributed by atoms with Gasteiger partial charge in [-0.3, -0.25) is 4.57 Å². The molecule has 0 saturated carbocycles. The molecule has 120 valence electrons. The summed E-state index contributed by atoms with van der Waals surface area (Å²) in [5, 5.41) is 9.65. The minimum Gasteiger partial charge on any atom is -0.507 e. The van der Waals surface area contributed by atoms with E-state index in [2.05, 4.69) is 3.97 Å². The Morgan fingerprint density at radius 2 is 1.62 bits per heavy atom. The molecule has 0 aliphatic rings. The Morgan fingerprint density at radius 1 is 1.19 bits per heavy atom. The summed E-state index contributed by atoms with van der Waals surface area (Å²) in [6, 6.07) is 2.43. The highest BCUT2D eigenvalue weighted by Gasteiger charge is 2.36. The number of phenols is 1. The predicted octanol–water partition coefficient (Wildman–Crippen LogP) is 3.09. The summed E-state index contributed by atoms with van der Waals surface area (Å²) >= 11 is 0. The topological polar surface area (TPSA) is 101 Å². The average Bonchev–Trinajstić information content (AvgIpc) is 2.35. The second kappa shape index (κ2) is 6.48. The summed E-state index contributed by atoms with van der Waals surface area (Å²) in [7, 11) is -8.65. The molecule has 0 amide bonds. The molecule has 0 aromatic heterocycles. The van der Waals surface area contributed by atoms with Gasteiger partial charge >= 0.3 is 17.7 Å². The molecule has 1 aromatic carbocycles. The highest BCUT2D eigenvalue weighted by Crippen LogP contribution is 2.52. The second-order valence-electron chi connectivity index (χ2n) is 4.97. The van der Waals surface area contributed by atoms with E-state index in [1.165, 1.54) is 12.1 Å². The molecule has 8 heteroatoms. The summed E-state index contributed by atoms with van der Waals surface area (Å²) in [5.41, 5.74) is -0.0217. The van der Waals surface area contributed by atoms with Crippen molar-refractivity contribution in [2.24, 2.45) is 0 Å². The molecule has 2 N–H and O–H groups in total. The van der Waals surface area contributed by atoms with Crippen molar-refractivity contribution in [2.45, 2.75) is 51.1 Å². The highest BCUT2D eigenvalue weighted by molar-refractivity contribution is 7.91. The van der Waals surface area contributed by atoms with Crippen LogP contribution in [0.25, 0.3) is 0 Å². The lowest BCUT2D eigenvalue weighted by atomic mass is 10.1. The van der Waals surface area contributed by atoms with Gasteiger partial charge in [-0.15, -0.1) is 0 Å². The minimum atomic E-state index is -4.37. The van der Waals surface area contributed by atoms with Gasteiger partial charge in [0.05, 0.1) is 10.6 Å². The highest BCUT2D eigenvalue weighted by atomic mass is 32.2. The van der Waals surface area contributed by atoms with Gasteiger partial charge in [0.25, 0.3) is 0 Å². The Balaban J connectivity index is 3.22. The number of aryl methyl sites for hydroxylation is 2.